The Bertz CT molecular complexity index is 478. The maximum Gasteiger partial charge on any atom is 0.264 e. The van der Waals surface area contributed by atoms with Crippen LogP contribution in [0.25, 0.3) is 0 Å². The molecular formula is C14H19NO4S. The SMILES string of the molecule is CSCC(C)(O)CNC(=O)C1COc2ccccc2O1. The van der Waals surface area contributed by atoms with Crippen LogP contribution in [0.1, 0.15) is 6.92 Å². The van der Waals surface area contributed by atoms with E-state index in [-0.39, 0.29) is 19.1 Å². The van der Waals surface area contributed by atoms with Crippen LogP contribution >= 0.6 is 11.8 Å². The molecule has 0 fully saturated rings. The van der Waals surface area contributed by atoms with Crippen LogP contribution in [-0.4, -0.2) is 47.9 Å². The zero-order chi connectivity index (χ0) is 14.6. The van der Waals surface area contributed by atoms with E-state index in [9.17, 15) is 9.90 Å². The molecule has 20 heavy (non-hydrogen) atoms. The largest absolute Gasteiger partial charge is 0.485 e. The van der Waals surface area contributed by atoms with Gasteiger partial charge in [-0.15, -0.1) is 0 Å². The first-order valence-electron chi connectivity index (χ1n) is 6.39. The molecule has 1 amide bonds. The molecule has 0 spiro atoms. The first-order chi connectivity index (χ1) is 9.52. The molecule has 1 heterocycles. The standard InChI is InChI=1S/C14H19NO4S/c1-14(17,9-20-2)8-15-13(16)12-7-18-10-5-3-4-6-11(10)19-12/h3-6,12,17H,7-9H2,1-2H3,(H,15,16). The van der Waals surface area contributed by atoms with Crippen LogP contribution in [0.5, 0.6) is 11.5 Å². The third-order valence-corrected chi connectivity index (χ3v) is 3.81. The number of para-hydroxylation sites is 2. The minimum Gasteiger partial charge on any atom is -0.485 e. The molecule has 110 valence electrons. The summed E-state index contributed by atoms with van der Waals surface area (Å²) in [5.41, 5.74) is -0.928. The highest BCUT2D eigenvalue weighted by Crippen LogP contribution is 2.30. The zero-order valence-corrected chi connectivity index (χ0v) is 12.4. The second kappa shape index (κ2) is 6.37. The van der Waals surface area contributed by atoms with E-state index in [0.29, 0.717) is 17.3 Å². The monoisotopic (exact) mass is 297 g/mol. The molecule has 2 unspecified atom stereocenters. The molecule has 0 saturated carbocycles. The van der Waals surface area contributed by atoms with Crippen LogP contribution in [0.4, 0.5) is 0 Å². The molecule has 2 N–H and O–H groups in total. The Morgan fingerprint density at radius 1 is 1.50 bits per heavy atom. The molecule has 1 aromatic rings. The second-order valence-electron chi connectivity index (χ2n) is 5.01. The average Bonchev–Trinajstić information content (AvgIpc) is 2.44. The number of hydrogen-bond acceptors (Lipinski definition) is 5. The molecule has 1 aliphatic rings. The minimum absolute atomic E-state index is 0.174. The lowest BCUT2D eigenvalue weighted by atomic mass is 10.1. The minimum atomic E-state index is -0.928. The average molecular weight is 297 g/mol. The van der Waals surface area contributed by atoms with Gasteiger partial charge in [0.15, 0.2) is 11.5 Å². The molecule has 1 aliphatic heterocycles. The lowest BCUT2D eigenvalue weighted by Gasteiger charge is -2.27. The Balaban J connectivity index is 1.89. The van der Waals surface area contributed by atoms with E-state index in [4.69, 9.17) is 9.47 Å². The van der Waals surface area contributed by atoms with Crippen LogP contribution in [0.3, 0.4) is 0 Å². The van der Waals surface area contributed by atoms with E-state index < -0.39 is 11.7 Å². The molecule has 6 heteroatoms. The fourth-order valence-electron chi connectivity index (χ4n) is 1.90. The first-order valence-corrected chi connectivity index (χ1v) is 7.79. The molecule has 0 saturated heterocycles. The molecule has 1 aromatic carbocycles. The fraction of sp³-hybridized carbons (Fsp3) is 0.500. The molecule has 2 rings (SSSR count). The van der Waals surface area contributed by atoms with E-state index >= 15 is 0 Å². The summed E-state index contributed by atoms with van der Waals surface area (Å²) < 4.78 is 11.1. The molecule has 2 atom stereocenters. The van der Waals surface area contributed by atoms with Crippen molar-refractivity contribution in [3.05, 3.63) is 24.3 Å². The van der Waals surface area contributed by atoms with Crippen molar-refractivity contribution in [2.75, 3.05) is 25.2 Å². The van der Waals surface area contributed by atoms with Crippen molar-refractivity contribution in [1.29, 1.82) is 0 Å². The van der Waals surface area contributed by atoms with Crippen molar-refractivity contribution >= 4 is 17.7 Å². The first kappa shape index (κ1) is 15.0. The molecule has 0 bridgehead atoms. The predicted molar refractivity (Wildman–Crippen MR) is 78.4 cm³/mol. The predicted octanol–water partition coefficient (Wildman–Crippen LogP) is 1.06. The fourth-order valence-corrected chi connectivity index (χ4v) is 2.63. The second-order valence-corrected chi connectivity index (χ2v) is 5.88. The van der Waals surface area contributed by atoms with Crippen molar-refractivity contribution in [3.63, 3.8) is 0 Å². The Hall–Kier alpha value is -1.40. The normalized spacial score (nSPS) is 20.1. The number of carbonyl (C=O) groups is 1. The van der Waals surface area contributed by atoms with Crippen molar-refractivity contribution < 1.29 is 19.4 Å². The van der Waals surface area contributed by atoms with Gasteiger partial charge >= 0.3 is 0 Å². The Labute approximate surface area is 122 Å². The number of fused-ring (bicyclic) bond motifs is 1. The van der Waals surface area contributed by atoms with Crippen LogP contribution < -0.4 is 14.8 Å². The molecule has 0 aromatic heterocycles. The number of hydrogen-bond donors (Lipinski definition) is 2. The molecule has 0 aliphatic carbocycles. The van der Waals surface area contributed by atoms with Gasteiger partial charge in [0.2, 0.25) is 6.10 Å². The van der Waals surface area contributed by atoms with E-state index in [0.717, 1.165) is 0 Å². The lowest BCUT2D eigenvalue weighted by Crippen LogP contribution is -2.49. The third kappa shape index (κ3) is 3.80. The summed E-state index contributed by atoms with van der Waals surface area (Å²) in [6.07, 6.45) is 1.22. The number of aliphatic hydroxyl groups is 1. The summed E-state index contributed by atoms with van der Waals surface area (Å²) in [4.78, 5) is 12.0. The maximum atomic E-state index is 12.0. The number of benzene rings is 1. The molecule has 0 radical (unpaired) electrons. The smallest absolute Gasteiger partial charge is 0.264 e. The van der Waals surface area contributed by atoms with Crippen molar-refractivity contribution in [3.8, 4) is 11.5 Å². The van der Waals surface area contributed by atoms with Crippen LogP contribution in [0, 0.1) is 0 Å². The number of thioether (sulfide) groups is 1. The van der Waals surface area contributed by atoms with Gasteiger partial charge < -0.3 is 19.9 Å². The Morgan fingerprint density at radius 2 is 2.20 bits per heavy atom. The quantitative estimate of drug-likeness (QED) is 0.850. The number of rotatable bonds is 5. The van der Waals surface area contributed by atoms with Crippen LogP contribution in [0.2, 0.25) is 0 Å². The topological polar surface area (TPSA) is 67.8 Å². The zero-order valence-electron chi connectivity index (χ0n) is 11.6. The summed E-state index contributed by atoms with van der Waals surface area (Å²) >= 11 is 1.53. The van der Waals surface area contributed by atoms with Gasteiger partial charge in [0.25, 0.3) is 5.91 Å². The molecular weight excluding hydrogens is 278 g/mol. The summed E-state index contributed by atoms with van der Waals surface area (Å²) in [7, 11) is 0. The van der Waals surface area contributed by atoms with Gasteiger partial charge in [0, 0.05) is 12.3 Å². The highest BCUT2D eigenvalue weighted by atomic mass is 32.2. The summed E-state index contributed by atoms with van der Waals surface area (Å²) in [6, 6.07) is 7.24. The maximum absolute atomic E-state index is 12.0. The van der Waals surface area contributed by atoms with E-state index in [1.165, 1.54) is 11.8 Å². The van der Waals surface area contributed by atoms with Crippen LogP contribution in [0.15, 0.2) is 24.3 Å². The van der Waals surface area contributed by atoms with Gasteiger partial charge in [0.05, 0.1) is 5.60 Å². The number of ether oxygens (including phenoxy) is 2. The van der Waals surface area contributed by atoms with Gasteiger partial charge in [-0.25, -0.2) is 0 Å². The van der Waals surface area contributed by atoms with E-state index in [1.54, 1.807) is 19.1 Å². The van der Waals surface area contributed by atoms with Crippen LogP contribution in [-0.2, 0) is 4.79 Å². The summed E-state index contributed by atoms with van der Waals surface area (Å²) in [5, 5.41) is 12.7. The van der Waals surface area contributed by atoms with Crippen molar-refractivity contribution in [2.45, 2.75) is 18.6 Å². The van der Waals surface area contributed by atoms with Gasteiger partial charge in [-0.3, -0.25) is 4.79 Å². The lowest BCUT2D eigenvalue weighted by molar-refractivity contribution is -0.131. The van der Waals surface area contributed by atoms with Gasteiger partial charge in [-0.1, -0.05) is 12.1 Å². The summed E-state index contributed by atoms with van der Waals surface area (Å²) in [5.74, 6) is 1.49. The number of nitrogens with one attached hydrogen (secondary N) is 1. The Kier molecular flexibility index (Phi) is 4.77. The van der Waals surface area contributed by atoms with E-state index in [2.05, 4.69) is 5.32 Å². The Morgan fingerprint density at radius 3 is 2.90 bits per heavy atom. The highest BCUT2D eigenvalue weighted by Gasteiger charge is 2.29. The third-order valence-electron chi connectivity index (χ3n) is 2.90. The summed E-state index contributed by atoms with van der Waals surface area (Å²) in [6.45, 7) is 2.05. The highest BCUT2D eigenvalue weighted by molar-refractivity contribution is 7.98. The van der Waals surface area contributed by atoms with Gasteiger partial charge in [-0.05, 0) is 25.3 Å². The van der Waals surface area contributed by atoms with Crippen molar-refractivity contribution in [2.24, 2.45) is 0 Å². The van der Waals surface area contributed by atoms with Gasteiger partial charge in [0.1, 0.15) is 6.61 Å². The number of amides is 1. The molecule has 5 nitrogen and oxygen atoms in total. The van der Waals surface area contributed by atoms with Crippen molar-refractivity contribution in [1.82, 2.24) is 5.32 Å². The van der Waals surface area contributed by atoms with Gasteiger partial charge in [-0.2, -0.15) is 11.8 Å². The van der Waals surface area contributed by atoms with E-state index in [1.807, 2.05) is 18.4 Å². The number of carbonyl (C=O) groups excluding carboxylic acids is 1.